The minimum atomic E-state index is 0.0166. The number of carbonyl (C=O) groups excluding carboxylic acids is 1. The Morgan fingerprint density at radius 1 is 1.10 bits per heavy atom. The lowest BCUT2D eigenvalue weighted by atomic mass is 10.1. The summed E-state index contributed by atoms with van der Waals surface area (Å²) >= 11 is 1.64. The molecule has 3 heteroatoms. The second-order valence-electron chi connectivity index (χ2n) is 5.47. The van der Waals surface area contributed by atoms with Crippen molar-refractivity contribution in [1.29, 1.82) is 0 Å². The van der Waals surface area contributed by atoms with Gasteiger partial charge in [-0.3, -0.25) is 4.79 Å². The van der Waals surface area contributed by atoms with E-state index in [1.165, 1.54) is 51.4 Å². The molecule has 0 saturated heterocycles. The fourth-order valence-electron chi connectivity index (χ4n) is 2.25. The summed E-state index contributed by atoms with van der Waals surface area (Å²) in [6.07, 6.45) is 15.3. The van der Waals surface area contributed by atoms with Gasteiger partial charge in [0.15, 0.2) is 0 Å². The highest BCUT2D eigenvalue weighted by Gasteiger charge is 1.96. The molecule has 0 bridgehead atoms. The smallest absolute Gasteiger partial charge is 0.244 e. The van der Waals surface area contributed by atoms with Gasteiger partial charge in [0, 0.05) is 17.5 Å². The molecule has 2 nitrogen and oxygen atoms in total. The fraction of sp³-hybridized carbons (Fsp3) is 0.611. The number of unbranched alkanes of at least 4 members (excludes halogenated alkanes) is 8. The van der Waals surface area contributed by atoms with Crippen molar-refractivity contribution < 1.29 is 4.79 Å². The third kappa shape index (κ3) is 10.3. The first kappa shape index (κ1) is 18.0. The molecule has 1 aromatic rings. The zero-order chi connectivity index (χ0) is 15.2. The molecule has 0 aliphatic heterocycles. The van der Waals surface area contributed by atoms with Gasteiger partial charge in [0.2, 0.25) is 5.91 Å². The molecule has 1 rings (SSSR count). The van der Waals surface area contributed by atoms with E-state index in [2.05, 4.69) is 12.2 Å². The number of amides is 1. The lowest BCUT2D eigenvalue weighted by Gasteiger charge is -2.03. The Kier molecular flexibility index (Phi) is 10.8. The summed E-state index contributed by atoms with van der Waals surface area (Å²) in [5.74, 6) is 0.0166. The van der Waals surface area contributed by atoms with Crippen LogP contribution in [0.5, 0.6) is 0 Å². The Morgan fingerprint density at radius 2 is 1.76 bits per heavy atom. The third-order valence-corrected chi connectivity index (χ3v) is 4.36. The van der Waals surface area contributed by atoms with E-state index in [0.717, 1.165) is 17.8 Å². The highest BCUT2D eigenvalue weighted by atomic mass is 32.1. The molecule has 0 saturated carbocycles. The van der Waals surface area contributed by atoms with Crippen LogP contribution in [0.4, 0.5) is 0 Å². The standard InChI is InChI=1S/C18H29NOS/c1-2-3-4-5-6-7-8-9-10-15-19-18(20)14-13-17-12-11-16-21-17/h11-14,16H,2-10,15H2,1H3,(H,19,20). The lowest BCUT2D eigenvalue weighted by Crippen LogP contribution is -2.21. The Morgan fingerprint density at radius 3 is 2.38 bits per heavy atom. The first-order valence-electron chi connectivity index (χ1n) is 8.32. The minimum Gasteiger partial charge on any atom is -0.353 e. The summed E-state index contributed by atoms with van der Waals surface area (Å²) in [6, 6.07) is 4.00. The van der Waals surface area contributed by atoms with Crippen molar-refractivity contribution >= 4 is 23.3 Å². The number of thiophene rings is 1. The summed E-state index contributed by atoms with van der Waals surface area (Å²) in [7, 11) is 0. The van der Waals surface area contributed by atoms with Crippen molar-refractivity contribution in [2.75, 3.05) is 6.54 Å². The zero-order valence-corrected chi connectivity index (χ0v) is 14.1. The second-order valence-corrected chi connectivity index (χ2v) is 6.45. The van der Waals surface area contributed by atoms with Crippen molar-refractivity contribution in [2.24, 2.45) is 0 Å². The Hall–Kier alpha value is -1.09. The van der Waals surface area contributed by atoms with Crippen LogP contribution in [0.1, 0.15) is 69.6 Å². The van der Waals surface area contributed by atoms with E-state index in [1.54, 1.807) is 17.4 Å². The van der Waals surface area contributed by atoms with Crippen molar-refractivity contribution in [3.63, 3.8) is 0 Å². The van der Waals surface area contributed by atoms with Gasteiger partial charge in [0.1, 0.15) is 0 Å². The molecule has 1 aromatic heterocycles. The monoisotopic (exact) mass is 307 g/mol. The summed E-state index contributed by atoms with van der Waals surface area (Å²) in [5, 5.41) is 4.96. The predicted octanol–water partition coefficient (Wildman–Crippen LogP) is 5.41. The molecule has 0 aromatic carbocycles. The van der Waals surface area contributed by atoms with Crippen molar-refractivity contribution in [2.45, 2.75) is 64.7 Å². The van der Waals surface area contributed by atoms with Gasteiger partial charge in [0.25, 0.3) is 0 Å². The van der Waals surface area contributed by atoms with E-state index in [9.17, 15) is 4.79 Å². The predicted molar refractivity (Wildman–Crippen MR) is 93.6 cm³/mol. The van der Waals surface area contributed by atoms with E-state index >= 15 is 0 Å². The van der Waals surface area contributed by atoms with Crippen LogP contribution in [0.3, 0.4) is 0 Å². The van der Waals surface area contributed by atoms with Crippen LogP contribution >= 0.6 is 11.3 Å². The number of hydrogen-bond acceptors (Lipinski definition) is 2. The first-order valence-corrected chi connectivity index (χ1v) is 9.20. The molecular weight excluding hydrogens is 278 g/mol. The molecule has 0 fully saturated rings. The van der Waals surface area contributed by atoms with E-state index in [4.69, 9.17) is 0 Å². The SMILES string of the molecule is CCCCCCCCCCCNC(=O)C=Cc1cccs1. The lowest BCUT2D eigenvalue weighted by molar-refractivity contribution is -0.116. The fourth-order valence-corrected chi connectivity index (χ4v) is 2.87. The van der Waals surface area contributed by atoms with Crippen molar-refractivity contribution in [3.8, 4) is 0 Å². The van der Waals surface area contributed by atoms with Crippen LogP contribution in [0, 0.1) is 0 Å². The molecule has 118 valence electrons. The molecular formula is C18H29NOS. The van der Waals surface area contributed by atoms with E-state index < -0.39 is 0 Å². The molecule has 0 unspecified atom stereocenters. The molecule has 0 aliphatic rings. The van der Waals surface area contributed by atoms with Crippen LogP contribution in [0.25, 0.3) is 6.08 Å². The molecule has 1 amide bonds. The van der Waals surface area contributed by atoms with Crippen LogP contribution in [0.15, 0.2) is 23.6 Å². The van der Waals surface area contributed by atoms with E-state index in [-0.39, 0.29) is 5.91 Å². The highest BCUT2D eigenvalue weighted by molar-refractivity contribution is 7.10. The normalized spacial score (nSPS) is 11.1. The van der Waals surface area contributed by atoms with Crippen LogP contribution < -0.4 is 5.32 Å². The Labute approximate surface area is 133 Å². The van der Waals surface area contributed by atoms with Gasteiger partial charge >= 0.3 is 0 Å². The largest absolute Gasteiger partial charge is 0.353 e. The van der Waals surface area contributed by atoms with Gasteiger partial charge in [-0.05, 0) is 23.9 Å². The molecule has 1 heterocycles. The summed E-state index contributed by atoms with van der Waals surface area (Å²) < 4.78 is 0. The molecule has 0 radical (unpaired) electrons. The van der Waals surface area contributed by atoms with Gasteiger partial charge in [-0.2, -0.15) is 0 Å². The van der Waals surface area contributed by atoms with Gasteiger partial charge in [-0.15, -0.1) is 11.3 Å². The zero-order valence-electron chi connectivity index (χ0n) is 13.3. The third-order valence-electron chi connectivity index (χ3n) is 3.52. The Bertz CT molecular complexity index is 384. The molecule has 0 spiro atoms. The van der Waals surface area contributed by atoms with Gasteiger partial charge < -0.3 is 5.32 Å². The summed E-state index contributed by atoms with van der Waals surface area (Å²) in [6.45, 7) is 3.05. The topological polar surface area (TPSA) is 29.1 Å². The van der Waals surface area contributed by atoms with Crippen LogP contribution in [0.2, 0.25) is 0 Å². The number of nitrogens with one attached hydrogen (secondary N) is 1. The van der Waals surface area contributed by atoms with Gasteiger partial charge in [0.05, 0.1) is 0 Å². The second kappa shape index (κ2) is 12.6. The van der Waals surface area contributed by atoms with Crippen LogP contribution in [-0.2, 0) is 4.79 Å². The van der Waals surface area contributed by atoms with Gasteiger partial charge in [-0.1, -0.05) is 64.4 Å². The van der Waals surface area contributed by atoms with E-state index in [1.807, 2.05) is 23.6 Å². The maximum absolute atomic E-state index is 11.6. The number of carbonyl (C=O) groups is 1. The minimum absolute atomic E-state index is 0.0166. The maximum atomic E-state index is 11.6. The average Bonchev–Trinajstić information content (AvgIpc) is 3.00. The first-order chi connectivity index (χ1) is 10.3. The van der Waals surface area contributed by atoms with Crippen molar-refractivity contribution in [1.82, 2.24) is 5.32 Å². The molecule has 0 aliphatic carbocycles. The van der Waals surface area contributed by atoms with Crippen molar-refractivity contribution in [3.05, 3.63) is 28.5 Å². The quantitative estimate of drug-likeness (QED) is 0.406. The molecule has 0 atom stereocenters. The molecule has 21 heavy (non-hydrogen) atoms. The number of hydrogen-bond donors (Lipinski definition) is 1. The highest BCUT2D eigenvalue weighted by Crippen LogP contribution is 2.10. The molecule has 1 N–H and O–H groups in total. The maximum Gasteiger partial charge on any atom is 0.244 e. The van der Waals surface area contributed by atoms with E-state index in [0.29, 0.717) is 0 Å². The van der Waals surface area contributed by atoms with Gasteiger partial charge in [-0.25, -0.2) is 0 Å². The average molecular weight is 308 g/mol. The number of rotatable bonds is 12. The Balaban J connectivity index is 1.88. The summed E-state index contributed by atoms with van der Waals surface area (Å²) in [4.78, 5) is 12.7. The summed E-state index contributed by atoms with van der Waals surface area (Å²) in [5.41, 5.74) is 0. The van der Waals surface area contributed by atoms with Crippen LogP contribution in [-0.4, -0.2) is 12.5 Å².